The Hall–Kier alpha value is -3.80. The standard InChI is InChI=1S/C21H15NO5/c23-20(22-13-9-10-18-19(11-13)27-12-26-18)16-7-3-1-5-14(16)15-6-2-4-8-17(15)21(24)25/h1-11H,12H2,(H,22,23)(H,24,25). The van der Waals surface area contributed by atoms with Crippen LogP contribution in [0.25, 0.3) is 11.1 Å². The maximum atomic E-state index is 12.9. The molecule has 1 aliphatic rings. The molecule has 134 valence electrons. The van der Waals surface area contributed by atoms with E-state index in [1.807, 2.05) is 0 Å². The lowest BCUT2D eigenvalue weighted by Gasteiger charge is -2.12. The highest BCUT2D eigenvalue weighted by Crippen LogP contribution is 2.34. The minimum absolute atomic E-state index is 0.140. The first-order valence-electron chi connectivity index (χ1n) is 8.26. The van der Waals surface area contributed by atoms with E-state index in [4.69, 9.17) is 9.47 Å². The van der Waals surface area contributed by atoms with E-state index in [2.05, 4.69) is 5.32 Å². The second-order valence-electron chi connectivity index (χ2n) is 5.92. The number of benzene rings is 3. The molecule has 0 bridgehead atoms. The quantitative estimate of drug-likeness (QED) is 0.733. The molecule has 0 atom stereocenters. The summed E-state index contributed by atoms with van der Waals surface area (Å²) in [6, 6.07) is 18.6. The molecule has 6 heteroatoms. The van der Waals surface area contributed by atoms with Gasteiger partial charge in [0, 0.05) is 17.3 Å². The first-order valence-corrected chi connectivity index (χ1v) is 8.26. The maximum Gasteiger partial charge on any atom is 0.336 e. The van der Waals surface area contributed by atoms with Gasteiger partial charge in [-0.05, 0) is 35.4 Å². The number of ether oxygens (including phenoxy) is 2. The fraction of sp³-hybridized carbons (Fsp3) is 0.0476. The predicted molar refractivity (Wildman–Crippen MR) is 99.4 cm³/mol. The normalized spacial score (nSPS) is 11.9. The summed E-state index contributed by atoms with van der Waals surface area (Å²) < 4.78 is 10.6. The fourth-order valence-corrected chi connectivity index (χ4v) is 2.99. The molecule has 0 aliphatic carbocycles. The van der Waals surface area contributed by atoms with Gasteiger partial charge in [0.05, 0.1) is 5.56 Å². The Kier molecular flexibility index (Phi) is 4.22. The molecule has 0 saturated heterocycles. The van der Waals surface area contributed by atoms with Crippen molar-refractivity contribution in [2.45, 2.75) is 0 Å². The second kappa shape index (κ2) is 6.84. The van der Waals surface area contributed by atoms with Crippen molar-refractivity contribution in [1.82, 2.24) is 0 Å². The van der Waals surface area contributed by atoms with Crippen molar-refractivity contribution >= 4 is 17.6 Å². The smallest absolute Gasteiger partial charge is 0.336 e. The number of rotatable bonds is 4. The molecule has 4 rings (SSSR count). The first kappa shape index (κ1) is 16.7. The minimum atomic E-state index is -1.04. The van der Waals surface area contributed by atoms with Crippen LogP contribution in [0.15, 0.2) is 66.7 Å². The van der Waals surface area contributed by atoms with Gasteiger partial charge in [-0.25, -0.2) is 4.79 Å². The van der Waals surface area contributed by atoms with Gasteiger partial charge >= 0.3 is 5.97 Å². The molecule has 0 aromatic heterocycles. The number of carbonyl (C=O) groups excluding carboxylic acids is 1. The number of nitrogens with one attached hydrogen (secondary N) is 1. The van der Waals surface area contributed by atoms with Crippen LogP contribution in [-0.2, 0) is 0 Å². The van der Waals surface area contributed by atoms with Crippen molar-refractivity contribution in [3.05, 3.63) is 77.9 Å². The molecule has 0 unspecified atom stereocenters. The summed E-state index contributed by atoms with van der Waals surface area (Å²) >= 11 is 0. The van der Waals surface area contributed by atoms with Gasteiger partial charge < -0.3 is 19.9 Å². The fourth-order valence-electron chi connectivity index (χ4n) is 2.99. The van der Waals surface area contributed by atoms with Gasteiger partial charge in [0.25, 0.3) is 5.91 Å². The number of carbonyl (C=O) groups is 2. The van der Waals surface area contributed by atoms with E-state index in [1.165, 1.54) is 6.07 Å². The van der Waals surface area contributed by atoms with Gasteiger partial charge in [-0.2, -0.15) is 0 Å². The number of anilines is 1. The average Bonchev–Trinajstić information content (AvgIpc) is 3.15. The minimum Gasteiger partial charge on any atom is -0.478 e. The number of amides is 1. The van der Waals surface area contributed by atoms with E-state index >= 15 is 0 Å². The molecular weight excluding hydrogens is 346 g/mol. The average molecular weight is 361 g/mol. The number of carboxylic acid groups (broad SMARTS) is 1. The van der Waals surface area contributed by atoms with Gasteiger partial charge in [-0.15, -0.1) is 0 Å². The third-order valence-electron chi connectivity index (χ3n) is 4.25. The molecule has 1 amide bonds. The lowest BCUT2D eigenvalue weighted by atomic mass is 9.95. The summed E-state index contributed by atoms with van der Waals surface area (Å²) in [5.74, 6) is -0.192. The van der Waals surface area contributed by atoms with Crippen molar-refractivity contribution in [1.29, 1.82) is 0 Å². The summed E-state index contributed by atoms with van der Waals surface area (Å²) in [6.07, 6.45) is 0. The predicted octanol–water partition coefficient (Wildman–Crippen LogP) is 4.03. The Balaban J connectivity index is 1.69. The van der Waals surface area contributed by atoms with Gasteiger partial charge in [0.2, 0.25) is 6.79 Å². The summed E-state index contributed by atoms with van der Waals surface area (Å²) in [6.45, 7) is 0.154. The van der Waals surface area contributed by atoms with Crippen LogP contribution in [0.4, 0.5) is 5.69 Å². The molecule has 1 aliphatic heterocycles. The van der Waals surface area contributed by atoms with Crippen LogP contribution >= 0.6 is 0 Å². The molecule has 0 saturated carbocycles. The van der Waals surface area contributed by atoms with Crippen LogP contribution in [0, 0.1) is 0 Å². The lowest BCUT2D eigenvalue weighted by molar-refractivity contribution is 0.0697. The van der Waals surface area contributed by atoms with Crippen LogP contribution in [0.2, 0.25) is 0 Å². The highest BCUT2D eigenvalue weighted by molar-refractivity contribution is 6.10. The van der Waals surface area contributed by atoms with E-state index in [1.54, 1.807) is 60.7 Å². The first-order chi connectivity index (χ1) is 13.1. The largest absolute Gasteiger partial charge is 0.478 e. The van der Waals surface area contributed by atoms with E-state index in [9.17, 15) is 14.7 Å². The molecule has 3 aromatic carbocycles. The van der Waals surface area contributed by atoms with E-state index in [0.717, 1.165) is 0 Å². The Labute approximate surface area is 155 Å². The lowest BCUT2D eigenvalue weighted by Crippen LogP contribution is -2.13. The zero-order valence-electron chi connectivity index (χ0n) is 14.1. The summed E-state index contributed by atoms with van der Waals surface area (Å²) in [7, 11) is 0. The van der Waals surface area contributed by atoms with E-state index in [0.29, 0.717) is 33.9 Å². The third kappa shape index (κ3) is 3.20. The zero-order chi connectivity index (χ0) is 18.8. The summed E-state index contributed by atoms with van der Waals surface area (Å²) in [5.41, 5.74) is 2.12. The molecule has 0 fully saturated rings. The maximum absolute atomic E-state index is 12.9. The highest BCUT2D eigenvalue weighted by Gasteiger charge is 2.19. The number of aromatic carboxylic acids is 1. The SMILES string of the molecule is O=C(O)c1ccccc1-c1ccccc1C(=O)Nc1ccc2c(c1)OCO2. The highest BCUT2D eigenvalue weighted by atomic mass is 16.7. The Morgan fingerprint density at radius 2 is 1.44 bits per heavy atom. The van der Waals surface area contributed by atoms with Crippen LogP contribution in [-0.4, -0.2) is 23.8 Å². The molecule has 2 N–H and O–H groups in total. The molecule has 1 heterocycles. The van der Waals surface area contributed by atoms with Crippen LogP contribution in [0.5, 0.6) is 11.5 Å². The second-order valence-corrected chi connectivity index (χ2v) is 5.92. The molecule has 3 aromatic rings. The molecular formula is C21H15NO5. The monoisotopic (exact) mass is 361 g/mol. The van der Waals surface area contributed by atoms with Gasteiger partial charge in [0.1, 0.15) is 0 Å². The number of hydrogen-bond donors (Lipinski definition) is 2. The van der Waals surface area contributed by atoms with Crippen LogP contribution < -0.4 is 14.8 Å². The Bertz CT molecular complexity index is 1040. The van der Waals surface area contributed by atoms with Gasteiger partial charge in [-0.1, -0.05) is 36.4 Å². The topological polar surface area (TPSA) is 84.9 Å². The van der Waals surface area contributed by atoms with Gasteiger partial charge in [-0.3, -0.25) is 4.79 Å². The van der Waals surface area contributed by atoms with Crippen molar-refractivity contribution < 1.29 is 24.2 Å². The summed E-state index contributed by atoms with van der Waals surface area (Å²) in [5, 5.41) is 12.3. The van der Waals surface area contributed by atoms with Crippen molar-refractivity contribution in [2.24, 2.45) is 0 Å². The molecule has 27 heavy (non-hydrogen) atoms. The molecule has 0 spiro atoms. The Morgan fingerprint density at radius 3 is 2.19 bits per heavy atom. The number of fused-ring (bicyclic) bond motifs is 1. The van der Waals surface area contributed by atoms with Gasteiger partial charge in [0.15, 0.2) is 11.5 Å². The van der Waals surface area contributed by atoms with Crippen molar-refractivity contribution in [3.63, 3.8) is 0 Å². The van der Waals surface area contributed by atoms with Crippen LogP contribution in [0.1, 0.15) is 20.7 Å². The number of hydrogen-bond acceptors (Lipinski definition) is 4. The Morgan fingerprint density at radius 1 is 0.815 bits per heavy atom. The van der Waals surface area contributed by atoms with Crippen molar-refractivity contribution in [3.8, 4) is 22.6 Å². The van der Waals surface area contributed by atoms with Crippen molar-refractivity contribution in [2.75, 3.05) is 12.1 Å². The summed E-state index contributed by atoms with van der Waals surface area (Å²) in [4.78, 5) is 24.4. The van der Waals surface area contributed by atoms with E-state index < -0.39 is 5.97 Å². The van der Waals surface area contributed by atoms with E-state index in [-0.39, 0.29) is 18.3 Å². The molecule has 0 radical (unpaired) electrons. The molecule has 6 nitrogen and oxygen atoms in total. The third-order valence-corrected chi connectivity index (χ3v) is 4.25. The van der Waals surface area contributed by atoms with Crippen LogP contribution in [0.3, 0.4) is 0 Å². The number of carboxylic acids is 1. The zero-order valence-corrected chi connectivity index (χ0v) is 14.1.